The van der Waals surface area contributed by atoms with Crippen LogP contribution in [0.25, 0.3) is 0 Å². The molecule has 1 aliphatic carbocycles. The third kappa shape index (κ3) is 2.07. The minimum atomic E-state index is 0.417. The number of nitrogens with zero attached hydrogens (tertiary/aromatic N) is 1. The molecule has 1 fully saturated rings. The van der Waals surface area contributed by atoms with Crippen molar-refractivity contribution in [2.75, 3.05) is 0 Å². The van der Waals surface area contributed by atoms with E-state index in [0.29, 0.717) is 12.0 Å². The second-order valence-electron chi connectivity index (χ2n) is 3.92. The molecule has 1 aliphatic rings. The van der Waals surface area contributed by atoms with Crippen molar-refractivity contribution in [3.8, 4) is 0 Å². The number of aromatic nitrogens is 1. The highest BCUT2D eigenvalue weighted by atomic mass is 14.7. The minimum Gasteiger partial charge on any atom is -0.327 e. The molecule has 0 aliphatic heterocycles. The second-order valence-corrected chi connectivity index (χ2v) is 3.92. The molecular weight excluding hydrogens is 160 g/mol. The SMILES string of the molecule is NC1CCCC1Cc1cccnc1. The highest BCUT2D eigenvalue weighted by Gasteiger charge is 2.23. The lowest BCUT2D eigenvalue weighted by Crippen LogP contribution is -2.25. The summed E-state index contributed by atoms with van der Waals surface area (Å²) in [5.74, 6) is 0.684. The van der Waals surface area contributed by atoms with E-state index in [9.17, 15) is 0 Å². The van der Waals surface area contributed by atoms with Crippen LogP contribution < -0.4 is 5.73 Å². The van der Waals surface area contributed by atoms with E-state index in [4.69, 9.17) is 5.73 Å². The van der Waals surface area contributed by atoms with E-state index in [1.54, 1.807) is 0 Å². The van der Waals surface area contributed by atoms with Gasteiger partial charge in [-0.2, -0.15) is 0 Å². The Bertz CT molecular complexity index is 258. The van der Waals surface area contributed by atoms with E-state index in [0.717, 1.165) is 6.42 Å². The molecule has 1 aromatic heterocycles. The van der Waals surface area contributed by atoms with Crippen molar-refractivity contribution in [1.82, 2.24) is 4.98 Å². The van der Waals surface area contributed by atoms with Crippen molar-refractivity contribution < 1.29 is 0 Å². The number of hydrogen-bond acceptors (Lipinski definition) is 2. The fourth-order valence-corrected chi connectivity index (χ4v) is 2.14. The van der Waals surface area contributed by atoms with Gasteiger partial charge in [0, 0.05) is 18.4 Å². The molecule has 2 unspecified atom stereocenters. The Morgan fingerprint density at radius 1 is 1.46 bits per heavy atom. The summed E-state index contributed by atoms with van der Waals surface area (Å²) in [7, 11) is 0. The molecule has 0 radical (unpaired) electrons. The van der Waals surface area contributed by atoms with Gasteiger partial charge in [-0.1, -0.05) is 12.5 Å². The molecule has 1 aromatic rings. The standard InChI is InChI=1S/C11H16N2/c12-11-5-1-4-10(11)7-9-3-2-6-13-8-9/h2-3,6,8,10-11H,1,4-5,7,12H2. The summed E-state index contributed by atoms with van der Waals surface area (Å²) >= 11 is 0. The fourth-order valence-electron chi connectivity index (χ4n) is 2.14. The number of rotatable bonds is 2. The molecule has 1 saturated carbocycles. The monoisotopic (exact) mass is 176 g/mol. The van der Waals surface area contributed by atoms with Gasteiger partial charge in [-0.25, -0.2) is 0 Å². The summed E-state index contributed by atoms with van der Waals surface area (Å²) in [5, 5.41) is 0. The maximum atomic E-state index is 6.01. The Hall–Kier alpha value is -0.890. The van der Waals surface area contributed by atoms with Gasteiger partial charge < -0.3 is 5.73 Å². The molecule has 0 spiro atoms. The number of hydrogen-bond donors (Lipinski definition) is 1. The third-order valence-corrected chi connectivity index (χ3v) is 2.94. The van der Waals surface area contributed by atoms with Crippen LogP contribution in [0, 0.1) is 5.92 Å². The van der Waals surface area contributed by atoms with Crippen LogP contribution in [0.3, 0.4) is 0 Å². The Kier molecular flexibility index (Phi) is 2.60. The first kappa shape index (κ1) is 8.70. The normalized spacial score (nSPS) is 27.8. The lowest BCUT2D eigenvalue weighted by molar-refractivity contribution is 0.478. The molecular formula is C11H16N2. The van der Waals surface area contributed by atoms with Gasteiger partial charge in [-0.05, 0) is 36.8 Å². The van der Waals surface area contributed by atoms with E-state index in [1.807, 2.05) is 18.5 Å². The van der Waals surface area contributed by atoms with Crippen molar-refractivity contribution in [2.45, 2.75) is 31.7 Å². The zero-order chi connectivity index (χ0) is 9.10. The van der Waals surface area contributed by atoms with Crippen molar-refractivity contribution in [3.05, 3.63) is 30.1 Å². The molecule has 0 bridgehead atoms. The Morgan fingerprint density at radius 3 is 3.00 bits per heavy atom. The highest BCUT2D eigenvalue weighted by Crippen LogP contribution is 2.26. The molecule has 2 atom stereocenters. The van der Waals surface area contributed by atoms with Crippen LogP contribution in [0.2, 0.25) is 0 Å². The Labute approximate surface area is 79.2 Å². The molecule has 2 N–H and O–H groups in total. The summed E-state index contributed by atoms with van der Waals surface area (Å²) < 4.78 is 0. The van der Waals surface area contributed by atoms with E-state index < -0.39 is 0 Å². The lowest BCUT2D eigenvalue weighted by Gasteiger charge is -2.14. The second kappa shape index (κ2) is 3.88. The largest absolute Gasteiger partial charge is 0.327 e. The quantitative estimate of drug-likeness (QED) is 0.745. The molecule has 0 amide bonds. The molecule has 13 heavy (non-hydrogen) atoms. The zero-order valence-electron chi connectivity index (χ0n) is 7.82. The van der Waals surface area contributed by atoms with E-state index in [-0.39, 0.29) is 0 Å². The van der Waals surface area contributed by atoms with Crippen LogP contribution in [0.1, 0.15) is 24.8 Å². The summed E-state index contributed by atoms with van der Waals surface area (Å²) in [6.07, 6.45) is 8.66. The van der Waals surface area contributed by atoms with E-state index in [1.165, 1.54) is 24.8 Å². The van der Waals surface area contributed by atoms with Gasteiger partial charge in [-0.3, -0.25) is 4.98 Å². The van der Waals surface area contributed by atoms with Gasteiger partial charge in [0.2, 0.25) is 0 Å². The molecule has 2 nitrogen and oxygen atoms in total. The van der Waals surface area contributed by atoms with Crippen molar-refractivity contribution in [2.24, 2.45) is 11.7 Å². The molecule has 70 valence electrons. The third-order valence-electron chi connectivity index (χ3n) is 2.94. The number of pyridine rings is 1. The summed E-state index contributed by atoms with van der Waals surface area (Å²) in [4.78, 5) is 4.11. The Morgan fingerprint density at radius 2 is 2.38 bits per heavy atom. The smallest absolute Gasteiger partial charge is 0.0299 e. The summed E-state index contributed by atoms with van der Waals surface area (Å²) in [6, 6.07) is 4.55. The molecule has 2 rings (SSSR count). The molecule has 0 saturated heterocycles. The molecule has 0 aromatic carbocycles. The van der Waals surface area contributed by atoms with Crippen LogP contribution in [0.5, 0.6) is 0 Å². The zero-order valence-corrected chi connectivity index (χ0v) is 7.82. The average molecular weight is 176 g/mol. The van der Waals surface area contributed by atoms with Gasteiger partial charge in [0.05, 0.1) is 0 Å². The van der Waals surface area contributed by atoms with Crippen LogP contribution in [-0.2, 0) is 6.42 Å². The summed E-state index contributed by atoms with van der Waals surface area (Å²) in [5.41, 5.74) is 7.33. The molecule has 2 heteroatoms. The van der Waals surface area contributed by atoms with Crippen molar-refractivity contribution in [1.29, 1.82) is 0 Å². The van der Waals surface area contributed by atoms with Crippen LogP contribution in [0.15, 0.2) is 24.5 Å². The maximum absolute atomic E-state index is 6.01. The van der Waals surface area contributed by atoms with Crippen molar-refractivity contribution >= 4 is 0 Å². The van der Waals surface area contributed by atoms with E-state index in [2.05, 4.69) is 11.1 Å². The van der Waals surface area contributed by atoms with Gasteiger partial charge >= 0.3 is 0 Å². The van der Waals surface area contributed by atoms with E-state index >= 15 is 0 Å². The maximum Gasteiger partial charge on any atom is 0.0299 e. The molecule has 1 heterocycles. The van der Waals surface area contributed by atoms with Crippen LogP contribution in [0.4, 0.5) is 0 Å². The first-order valence-electron chi connectivity index (χ1n) is 5.01. The fraction of sp³-hybridized carbons (Fsp3) is 0.545. The average Bonchev–Trinajstić information content (AvgIpc) is 2.54. The van der Waals surface area contributed by atoms with Gasteiger partial charge in [0.1, 0.15) is 0 Å². The lowest BCUT2D eigenvalue weighted by atomic mass is 9.96. The predicted octanol–water partition coefficient (Wildman–Crippen LogP) is 1.75. The van der Waals surface area contributed by atoms with Crippen LogP contribution >= 0.6 is 0 Å². The van der Waals surface area contributed by atoms with Crippen molar-refractivity contribution in [3.63, 3.8) is 0 Å². The van der Waals surface area contributed by atoms with Gasteiger partial charge in [0.15, 0.2) is 0 Å². The first-order chi connectivity index (χ1) is 6.36. The van der Waals surface area contributed by atoms with Gasteiger partial charge in [-0.15, -0.1) is 0 Å². The minimum absolute atomic E-state index is 0.417. The van der Waals surface area contributed by atoms with Crippen LogP contribution in [-0.4, -0.2) is 11.0 Å². The number of nitrogens with two attached hydrogens (primary N) is 1. The highest BCUT2D eigenvalue weighted by molar-refractivity contribution is 5.10. The van der Waals surface area contributed by atoms with Gasteiger partial charge in [0.25, 0.3) is 0 Å². The summed E-state index contributed by atoms with van der Waals surface area (Å²) in [6.45, 7) is 0. The first-order valence-corrected chi connectivity index (χ1v) is 5.01. The Balaban J connectivity index is 1.98. The topological polar surface area (TPSA) is 38.9 Å². The predicted molar refractivity (Wildman–Crippen MR) is 53.3 cm³/mol.